The van der Waals surface area contributed by atoms with Gasteiger partial charge in [0.25, 0.3) is 11.1 Å². The molecule has 0 aromatic heterocycles. The van der Waals surface area contributed by atoms with E-state index in [0.717, 1.165) is 27.4 Å². The first kappa shape index (κ1) is 17.8. The standard InChI is InChI=1S/C19H16BrNO3S/c1-2-21-18(22)17(25-19(21)23)11-14-10-15(20)8-9-16(14)24-12-13-6-4-3-5-7-13/h3-11H,2,12H2,1H3. The molecule has 3 rings (SSSR count). The van der Waals surface area contributed by atoms with Crippen molar-refractivity contribution in [1.82, 2.24) is 4.90 Å². The van der Waals surface area contributed by atoms with Crippen molar-refractivity contribution in [3.8, 4) is 5.75 Å². The van der Waals surface area contributed by atoms with Crippen LogP contribution in [0.4, 0.5) is 4.79 Å². The van der Waals surface area contributed by atoms with Gasteiger partial charge < -0.3 is 4.74 Å². The molecule has 2 aromatic rings. The molecule has 0 N–H and O–H groups in total. The molecular weight excluding hydrogens is 402 g/mol. The Morgan fingerprint density at radius 3 is 2.60 bits per heavy atom. The van der Waals surface area contributed by atoms with E-state index < -0.39 is 0 Å². The van der Waals surface area contributed by atoms with Crippen molar-refractivity contribution in [2.24, 2.45) is 0 Å². The fraction of sp³-hybridized carbons (Fsp3) is 0.158. The Labute approximate surface area is 159 Å². The molecule has 1 heterocycles. The largest absolute Gasteiger partial charge is 0.488 e. The van der Waals surface area contributed by atoms with Crippen molar-refractivity contribution in [2.75, 3.05) is 6.54 Å². The molecule has 25 heavy (non-hydrogen) atoms. The quantitative estimate of drug-likeness (QED) is 0.635. The van der Waals surface area contributed by atoms with Gasteiger partial charge in [0.2, 0.25) is 0 Å². The Balaban J connectivity index is 1.86. The monoisotopic (exact) mass is 417 g/mol. The average Bonchev–Trinajstić information content (AvgIpc) is 2.88. The molecule has 1 saturated heterocycles. The van der Waals surface area contributed by atoms with Gasteiger partial charge in [0.05, 0.1) is 4.91 Å². The highest BCUT2D eigenvalue weighted by molar-refractivity contribution is 9.10. The summed E-state index contributed by atoms with van der Waals surface area (Å²) in [6.07, 6.45) is 1.71. The minimum atomic E-state index is -0.258. The number of halogens is 1. The Bertz CT molecular complexity index is 836. The van der Waals surface area contributed by atoms with Crippen LogP contribution < -0.4 is 4.74 Å². The van der Waals surface area contributed by atoms with Gasteiger partial charge in [0, 0.05) is 16.6 Å². The Kier molecular flexibility index (Phi) is 5.60. The summed E-state index contributed by atoms with van der Waals surface area (Å²) >= 11 is 4.40. The number of hydrogen-bond acceptors (Lipinski definition) is 4. The fourth-order valence-electron chi connectivity index (χ4n) is 2.41. The van der Waals surface area contributed by atoms with Crippen LogP contribution in [-0.2, 0) is 11.4 Å². The van der Waals surface area contributed by atoms with Crippen molar-refractivity contribution in [3.05, 3.63) is 69.0 Å². The molecule has 0 radical (unpaired) electrons. The molecule has 128 valence electrons. The minimum absolute atomic E-state index is 0.236. The Hall–Kier alpha value is -2.05. The molecular formula is C19H16BrNO3S. The number of ether oxygens (including phenoxy) is 1. The van der Waals surface area contributed by atoms with Crippen LogP contribution in [0.3, 0.4) is 0 Å². The zero-order valence-corrected chi connectivity index (χ0v) is 16.0. The number of imide groups is 1. The van der Waals surface area contributed by atoms with Crippen molar-refractivity contribution >= 4 is 44.9 Å². The van der Waals surface area contributed by atoms with Crippen LogP contribution in [0.5, 0.6) is 5.75 Å². The normalized spacial score (nSPS) is 15.9. The van der Waals surface area contributed by atoms with Gasteiger partial charge in [-0.15, -0.1) is 0 Å². The zero-order chi connectivity index (χ0) is 17.8. The SMILES string of the molecule is CCN1C(=O)SC(=Cc2cc(Br)ccc2OCc2ccccc2)C1=O. The van der Waals surface area contributed by atoms with E-state index in [0.29, 0.717) is 23.8 Å². The van der Waals surface area contributed by atoms with Crippen molar-refractivity contribution in [3.63, 3.8) is 0 Å². The maximum absolute atomic E-state index is 12.3. The third kappa shape index (κ3) is 4.14. The van der Waals surface area contributed by atoms with Crippen LogP contribution in [0.15, 0.2) is 57.9 Å². The maximum Gasteiger partial charge on any atom is 0.293 e. The molecule has 0 aliphatic carbocycles. The first-order valence-electron chi connectivity index (χ1n) is 7.80. The molecule has 2 amide bonds. The van der Waals surface area contributed by atoms with Crippen LogP contribution in [0.2, 0.25) is 0 Å². The number of nitrogens with zero attached hydrogens (tertiary/aromatic N) is 1. The minimum Gasteiger partial charge on any atom is -0.488 e. The summed E-state index contributed by atoms with van der Waals surface area (Å²) in [6.45, 7) is 2.59. The molecule has 6 heteroatoms. The third-order valence-electron chi connectivity index (χ3n) is 3.69. The van der Waals surface area contributed by atoms with Crippen molar-refractivity contribution in [1.29, 1.82) is 0 Å². The summed E-state index contributed by atoms with van der Waals surface area (Å²) in [7, 11) is 0. The van der Waals surface area contributed by atoms with E-state index in [2.05, 4.69) is 15.9 Å². The Morgan fingerprint density at radius 2 is 1.92 bits per heavy atom. The van der Waals surface area contributed by atoms with Gasteiger partial charge in [-0.05, 0) is 48.5 Å². The van der Waals surface area contributed by atoms with Gasteiger partial charge >= 0.3 is 0 Å². The van der Waals surface area contributed by atoms with Crippen LogP contribution in [0.1, 0.15) is 18.1 Å². The second-order valence-corrected chi connectivity index (χ2v) is 7.29. The smallest absolute Gasteiger partial charge is 0.293 e. The summed E-state index contributed by atoms with van der Waals surface area (Å²) in [4.78, 5) is 25.8. The predicted octanol–water partition coefficient (Wildman–Crippen LogP) is 5.08. The van der Waals surface area contributed by atoms with Crippen LogP contribution in [0, 0.1) is 0 Å². The van der Waals surface area contributed by atoms with Crippen molar-refractivity contribution in [2.45, 2.75) is 13.5 Å². The fourth-order valence-corrected chi connectivity index (χ4v) is 3.69. The number of rotatable bonds is 5. The number of thioether (sulfide) groups is 1. The molecule has 0 unspecified atom stereocenters. The highest BCUT2D eigenvalue weighted by atomic mass is 79.9. The molecule has 1 fully saturated rings. The summed E-state index contributed by atoms with van der Waals surface area (Å²) < 4.78 is 6.79. The zero-order valence-electron chi connectivity index (χ0n) is 13.6. The number of carbonyl (C=O) groups is 2. The molecule has 0 atom stereocenters. The lowest BCUT2D eigenvalue weighted by Crippen LogP contribution is -2.27. The second-order valence-electron chi connectivity index (χ2n) is 5.38. The lowest BCUT2D eigenvalue weighted by atomic mass is 10.1. The van der Waals surface area contributed by atoms with E-state index in [-0.39, 0.29) is 11.1 Å². The second kappa shape index (κ2) is 7.89. The number of likely N-dealkylation sites (N-methyl/N-ethyl adjacent to an activating group) is 1. The van der Waals surface area contributed by atoms with Crippen molar-refractivity contribution < 1.29 is 14.3 Å². The molecule has 0 bridgehead atoms. The van der Waals surface area contributed by atoms with E-state index in [4.69, 9.17) is 4.74 Å². The molecule has 2 aromatic carbocycles. The molecule has 0 saturated carbocycles. The first-order valence-corrected chi connectivity index (χ1v) is 9.41. The highest BCUT2D eigenvalue weighted by Crippen LogP contribution is 2.34. The van der Waals surface area contributed by atoms with Gasteiger partial charge in [0.1, 0.15) is 12.4 Å². The number of hydrogen-bond donors (Lipinski definition) is 0. The van der Waals surface area contributed by atoms with Gasteiger partial charge in [0.15, 0.2) is 0 Å². The van der Waals surface area contributed by atoms with E-state index in [9.17, 15) is 9.59 Å². The Morgan fingerprint density at radius 1 is 1.16 bits per heavy atom. The molecule has 1 aliphatic rings. The number of benzene rings is 2. The lowest BCUT2D eigenvalue weighted by Gasteiger charge is -2.11. The van der Waals surface area contributed by atoms with E-state index in [1.165, 1.54) is 4.90 Å². The predicted molar refractivity (Wildman–Crippen MR) is 103 cm³/mol. The van der Waals surface area contributed by atoms with Crippen LogP contribution >= 0.6 is 27.7 Å². The number of amides is 2. The number of carbonyl (C=O) groups excluding carboxylic acids is 2. The summed E-state index contributed by atoms with van der Waals surface area (Å²) in [5.74, 6) is 0.404. The summed E-state index contributed by atoms with van der Waals surface area (Å²) in [5.41, 5.74) is 1.81. The first-order chi connectivity index (χ1) is 12.1. The van der Waals surface area contributed by atoms with Crippen LogP contribution in [-0.4, -0.2) is 22.6 Å². The van der Waals surface area contributed by atoms with Gasteiger partial charge in [-0.1, -0.05) is 46.3 Å². The molecule has 0 spiro atoms. The topological polar surface area (TPSA) is 46.6 Å². The summed E-state index contributed by atoms with van der Waals surface area (Å²) in [5, 5.41) is -0.236. The third-order valence-corrected chi connectivity index (χ3v) is 5.09. The molecule has 4 nitrogen and oxygen atoms in total. The van der Waals surface area contributed by atoms with Gasteiger partial charge in [-0.2, -0.15) is 0 Å². The maximum atomic E-state index is 12.3. The van der Waals surface area contributed by atoms with E-state index in [1.807, 2.05) is 48.5 Å². The van der Waals surface area contributed by atoms with Gasteiger partial charge in [-0.3, -0.25) is 14.5 Å². The van der Waals surface area contributed by atoms with E-state index >= 15 is 0 Å². The summed E-state index contributed by atoms with van der Waals surface area (Å²) in [6, 6.07) is 15.5. The van der Waals surface area contributed by atoms with Crippen LogP contribution in [0.25, 0.3) is 6.08 Å². The van der Waals surface area contributed by atoms with E-state index in [1.54, 1.807) is 13.0 Å². The lowest BCUT2D eigenvalue weighted by molar-refractivity contribution is -0.122. The average molecular weight is 418 g/mol. The van der Waals surface area contributed by atoms with Gasteiger partial charge in [-0.25, -0.2) is 0 Å². The highest BCUT2D eigenvalue weighted by Gasteiger charge is 2.33. The molecule has 1 aliphatic heterocycles.